The van der Waals surface area contributed by atoms with Gasteiger partial charge in [0, 0.05) is 10.4 Å². The third-order valence-corrected chi connectivity index (χ3v) is 5.81. The number of carbonyl (C=O) groups excluding carboxylic acids is 2. The molecule has 1 aromatic heterocycles. The number of nitrogens with zero attached hydrogens (tertiary/aromatic N) is 1. The summed E-state index contributed by atoms with van der Waals surface area (Å²) in [5.41, 5.74) is 1.60. The van der Waals surface area contributed by atoms with E-state index in [0.717, 1.165) is 25.0 Å². The zero-order valence-corrected chi connectivity index (χ0v) is 17.4. The molecule has 6 nitrogen and oxygen atoms in total. The maximum absolute atomic E-state index is 12.8. The number of anilines is 1. The predicted molar refractivity (Wildman–Crippen MR) is 111 cm³/mol. The Hall–Kier alpha value is -2.41. The van der Waals surface area contributed by atoms with Crippen molar-refractivity contribution in [3.63, 3.8) is 0 Å². The van der Waals surface area contributed by atoms with Crippen LogP contribution in [0.15, 0.2) is 24.3 Å². The van der Waals surface area contributed by atoms with Gasteiger partial charge in [-0.25, -0.2) is 4.98 Å². The number of fused-ring (bicyclic) bond motifs is 1. The quantitative estimate of drug-likeness (QED) is 0.739. The number of amides is 2. The minimum absolute atomic E-state index is 0.0544. The highest BCUT2D eigenvalue weighted by Crippen LogP contribution is 2.29. The number of rotatable bonds is 7. The maximum atomic E-state index is 12.8. The molecule has 2 aromatic rings. The molecule has 0 spiro atoms. The number of ether oxygens (including phenoxy) is 1. The van der Waals surface area contributed by atoms with E-state index in [1.54, 1.807) is 35.6 Å². The highest BCUT2D eigenvalue weighted by Gasteiger charge is 2.26. The number of aryl methyl sites for hydroxylation is 2. The first-order valence-electron chi connectivity index (χ1n) is 9.81. The Kier molecular flexibility index (Phi) is 6.67. The Morgan fingerprint density at radius 1 is 1.18 bits per heavy atom. The first-order valence-corrected chi connectivity index (χ1v) is 10.6. The highest BCUT2D eigenvalue weighted by molar-refractivity contribution is 7.15. The lowest BCUT2D eigenvalue weighted by atomic mass is 10.0. The van der Waals surface area contributed by atoms with Gasteiger partial charge in [0.15, 0.2) is 5.13 Å². The molecule has 28 heavy (non-hydrogen) atoms. The largest absolute Gasteiger partial charge is 0.494 e. The molecule has 3 rings (SSSR count). The van der Waals surface area contributed by atoms with Crippen molar-refractivity contribution in [2.75, 3.05) is 11.9 Å². The topological polar surface area (TPSA) is 80.3 Å². The lowest BCUT2D eigenvalue weighted by Gasteiger charge is -2.21. The molecule has 150 valence electrons. The summed E-state index contributed by atoms with van der Waals surface area (Å²) in [6.45, 7) is 6.30. The average molecular weight is 402 g/mol. The molecule has 0 bridgehead atoms. The van der Waals surface area contributed by atoms with E-state index >= 15 is 0 Å². The number of hydrogen-bond acceptors (Lipinski definition) is 5. The summed E-state index contributed by atoms with van der Waals surface area (Å²) in [5.74, 6) is 0.141. The van der Waals surface area contributed by atoms with Crippen molar-refractivity contribution in [2.24, 2.45) is 5.92 Å². The summed E-state index contributed by atoms with van der Waals surface area (Å²) in [7, 11) is 0. The summed E-state index contributed by atoms with van der Waals surface area (Å²) in [6.07, 6.45) is 4.33. The first kappa shape index (κ1) is 20.3. The van der Waals surface area contributed by atoms with E-state index in [0.29, 0.717) is 23.1 Å². The number of hydrogen-bond donors (Lipinski definition) is 2. The smallest absolute Gasteiger partial charge is 0.251 e. The van der Waals surface area contributed by atoms with Crippen LogP contribution in [0.1, 0.15) is 54.5 Å². The lowest BCUT2D eigenvalue weighted by molar-refractivity contribution is -0.118. The number of benzene rings is 1. The zero-order chi connectivity index (χ0) is 20.1. The van der Waals surface area contributed by atoms with Gasteiger partial charge in [-0.3, -0.25) is 9.59 Å². The van der Waals surface area contributed by atoms with Gasteiger partial charge in [0.05, 0.1) is 12.3 Å². The van der Waals surface area contributed by atoms with Crippen LogP contribution in [0.2, 0.25) is 0 Å². The SMILES string of the molecule is CCOc1ccc(C(=O)N[C@H](C(=O)Nc2nc3c(s2)CCCC3)C(C)C)cc1. The predicted octanol–water partition coefficient (Wildman–Crippen LogP) is 3.81. The molecular weight excluding hydrogens is 374 g/mol. The van der Waals surface area contributed by atoms with Crippen LogP contribution in [0.5, 0.6) is 5.75 Å². The van der Waals surface area contributed by atoms with Crippen molar-refractivity contribution in [2.45, 2.75) is 52.5 Å². The second kappa shape index (κ2) is 9.19. The van der Waals surface area contributed by atoms with Crippen LogP contribution in [0.25, 0.3) is 0 Å². The van der Waals surface area contributed by atoms with Crippen LogP contribution in [0, 0.1) is 5.92 Å². The molecule has 1 aromatic carbocycles. The summed E-state index contributed by atoms with van der Waals surface area (Å²) in [5, 5.41) is 6.37. The Labute approximate surface area is 169 Å². The van der Waals surface area contributed by atoms with Crippen LogP contribution in [0.4, 0.5) is 5.13 Å². The average Bonchev–Trinajstić information content (AvgIpc) is 3.08. The van der Waals surface area contributed by atoms with Gasteiger partial charge in [0.2, 0.25) is 5.91 Å². The molecule has 0 saturated heterocycles. The van der Waals surface area contributed by atoms with Gasteiger partial charge in [-0.1, -0.05) is 13.8 Å². The fourth-order valence-corrected chi connectivity index (χ4v) is 4.27. The van der Waals surface area contributed by atoms with Gasteiger partial charge < -0.3 is 15.4 Å². The minimum Gasteiger partial charge on any atom is -0.494 e. The van der Waals surface area contributed by atoms with Crippen LogP contribution < -0.4 is 15.4 Å². The van der Waals surface area contributed by atoms with Crippen molar-refractivity contribution in [3.8, 4) is 5.75 Å². The lowest BCUT2D eigenvalue weighted by Crippen LogP contribution is -2.47. The van der Waals surface area contributed by atoms with Gasteiger partial charge >= 0.3 is 0 Å². The van der Waals surface area contributed by atoms with Crippen molar-refractivity contribution in [3.05, 3.63) is 40.4 Å². The van der Waals surface area contributed by atoms with Gasteiger partial charge in [-0.15, -0.1) is 11.3 Å². The fraction of sp³-hybridized carbons (Fsp3) is 0.476. The molecule has 1 atom stereocenters. The van der Waals surface area contributed by atoms with Gasteiger partial charge in [0.25, 0.3) is 5.91 Å². The first-order chi connectivity index (χ1) is 13.5. The number of nitrogens with one attached hydrogen (secondary N) is 2. The van der Waals surface area contributed by atoms with E-state index in [4.69, 9.17) is 4.74 Å². The minimum atomic E-state index is -0.639. The van der Waals surface area contributed by atoms with E-state index in [-0.39, 0.29) is 17.7 Å². The van der Waals surface area contributed by atoms with Crippen molar-refractivity contribution in [1.29, 1.82) is 0 Å². The van der Waals surface area contributed by atoms with Crippen molar-refractivity contribution < 1.29 is 14.3 Å². The van der Waals surface area contributed by atoms with Crippen molar-refractivity contribution in [1.82, 2.24) is 10.3 Å². The summed E-state index contributed by atoms with van der Waals surface area (Å²) in [4.78, 5) is 31.2. The molecule has 0 saturated carbocycles. The zero-order valence-electron chi connectivity index (χ0n) is 16.6. The molecule has 2 amide bonds. The van der Waals surface area contributed by atoms with Crippen LogP contribution in [-0.2, 0) is 17.6 Å². The van der Waals surface area contributed by atoms with Gasteiger partial charge in [0.1, 0.15) is 11.8 Å². The second-order valence-corrected chi connectivity index (χ2v) is 8.32. The molecule has 7 heteroatoms. The molecule has 0 fully saturated rings. The monoisotopic (exact) mass is 401 g/mol. The third-order valence-electron chi connectivity index (χ3n) is 4.74. The van der Waals surface area contributed by atoms with E-state index in [1.807, 2.05) is 20.8 Å². The Balaban J connectivity index is 1.65. The molecule has 1 aliphatic rings. The summed E-state index contributed by atoms with van der Waals surface area (Å²) < 4.78 is 5.40. The Morgan fingerprint density at radius 3 is 2.54 bits per heavy atom. The Morgan fingerprint density at radius 2 is 1.89 bits per heavy atom. The highest BCUT2D eigenvalue weighted by atomic mass is 32.1. The van der Waals surface area contributed by atoms with Crippen LogP contribution in [0.3, 0.4) is 0 Å². The van der Waals surface area contributed by atoms with Gasteiger partial charge in [-0.05, 0) is 62.8 Å². The molecule has 1 heterocycles. The van der Waals surface area contributed by atoms with Crippen LogP contribution >= 0.6 is 11.3 Å². The van der Waals surface area contributed by atoms with Gasteiger partial charge in [-0.2, -0.15) is 0 Å². The van der Waals surface area contributed by atoms with E-state index < -0.39 is 6.04 Å². The number of thiazole rings is 1. The number of aromatic nitrogens is 1. The maximum Gasteiger partial charge on any atom is 0.251 e. The van der Waals surface area contributed by atoms with Crippen molar-refractivity contribution >= 4 is 28.3 Å². The summed E-state index contributed by atoms with van der Waals surface area (Å²) in [6, 6.07) is 6.26. The third kappa shape index (κ3) is 4.90. The molecular formula is C21H27N3O3S. The molecule has 0 unspecified atom stereocenters. The van der Waals surface area contributed by atoms with E-state index in [9.17, 15) is 9.59 Å². The Bertz CT molecular complexity index is 806. The molecule has 2 N–H and O–H groups in total. The van der Waals surface area contributed by atoms with Crippen LogP contribution in [-0.4, -0.2) is 29.4 Å². The fourth-order valence-electron chi connectivity index (χ4n) is 3.22. The molecule has 0 radical (unpaired) electrons. The molecule has 1 aliphatic carbocycles. The van der Waals surface area contributed by atoms with E-state index in [2.05, 4.69) is 15.6 Å². The molecule has 0 aliphatic heterocycles. The second-order valence-electron chi connectivity index (χ2n) is 7.24. The summed E-state index contributed by atoms with van der Waals surface area (Å²) >= 11 is 1.54. The number of carbonyl (C=O) groups is 2. The standard InChI is InChI=1S/C21H27N3O3S/c1-4-27-15-11-9-14(10-12-15)19(25)23-18(13(2)3)20(26)24-21-22-16-7-5-6-8-17(16)28-21/h9-13,18H,4-8H2,1-3H3,(H,23,25)(H,22,24,26)/t18-/m0/s1. The van der Waals surface area contributed by atoms with E-state index in [1.165, 1.54) is 11.3 Å². The normalized spacial score (nSPS) is 14.3.